The second kappa shape index (κ2) is 9.21. The lowest BCUT2D eigenvalue weighted by Crippen LogP contribution is -2.46. The summed E-state index contributed by atoms with van der Waals surface area (Å²) >= 11 is 0. The van der Waals surface area contributed by atoms with Crippen molar-refractivity contribution in [2.45, 2.75) is 19.9 Å². The van der Waals surface area contributed by atoms with Crippen molar-refractivity contribution in [2.24, 2.45) is 0 Å². The second-order valence-corrected chi connectivity index (χ2v) is 5.00. The van der Waals surface area contributed by atoms with Crippen LogP contribution in [0.25, 0.3) is 0 Å². The molecule has 25 heavy (non-hydrogen) atoms. The first-order valence-electron chi connectivity index (χ1n) is 7.50. The highest BCUT2D eigenvalue weighted by molar-refractivity contribution is 5.97. The fraction of sp³-hybridized carbons (Fsp3) is 0.400. The van der Waals surface area contributed by atoms with Crippen LogP contribution in [0.15, 0.2) is 18.2 Å². The normalized spacial score (nSPS) is 11.2. The minimum atomic E-state index is -0.895. The fourth-order valence-electron chi connectivity index (χ4n) is 1.92. The minimum absolute atomic E-state index is 0.0683. The maximum atomic E-state index is 12.1. The molecule has 3 N–H and O–H groups in total. The van der Waals surface area contributed by atoms with Crippen molar-refractivity contribution in [2.75, 3.05) is 25.5 Å². The summed E-state index contributed by atoms with van der Waals surface area (Å²) in [5, 5.41) is 18.4. The molecule has 10 nitrogen and oxygen atoms in total. The van der Waals surface area contributed by atoms with Crippen LogP contribution in [0.3, 0.4) is 0 Å². The number of carbonyl (C=O) groups excluding carboxylic acids is 3. The van der Waals surface area contributed by atoms with E-state index < -0.39 is 29.4 Å². The Bertz CT molecular complexity index is 676. The van der Waals surface area contributed by atoms with E-state index in [4.69, 9.17) is 4.74 Å². The van der Waals surface area contributed by atoms with E-state index in [1.807, 2.05) is 0 Å². The Kier molecular flexibility index (Phi) is 7.32. The molecule has 1 rings (SSSR count). The summed E-state index contributed by atoms with van der Waals surface area (Å²) in [5.41, 5.74) is -0.0202. The molecular formula is C15H20N4O6. The number of anilines is 1. The lowest BCUT2D eigenvalue weighted by atomic mass is 10.1. The van der Waals surface area contributed by atoms with E-state index in [0.29, 0.717) is 12.2 Å². The summed E-state index contributed by atoms with van der Waals surface area (Å²) < 4.78 is 4.86. The number of nitro benzene ring substituents is 1. The van der Waals surface area contributed by atoms with Crippen LogP contribution in [0.4, 0.5) is 11.4 Å². The van der Waals surface area contributed by atoms with Crippen molar-refractivity contribution in [3.8, 4) is 0 Å². The van der Waals surface area contributed by atoms with Crippen LogP contribution in [-0.4, -0.2) is 48.9 Å². The van der Waals surface area contributed by atoms with Crippen molar-refractivity contribution >= 4 is 29.2 Å². The van der Waals surface area contributed by atoms with Gasteiger partial charge >= 0.3 is 5.97 Å². The van der Waals surface area contributed by atoms with Crippen molar-refractivity contribution in [1.29, 1.82) is 0 Å². The molecule has 0 fully saturated rings. The largest absolute Gasteiger partial charge is 0.452 e. The molecule has 0 aliphatic carbocycles. The predicted molar refractivity (Wildman–Crippen MR) is 89.2 cm³/mol. The van der Waals surface area contributed by atoms with Crippen molar-refractivity contribution < 1.29 is 24.0 Å². The Balaban J connectivity index is 2.70. The van der Waals surface area contributed by atoms with Gasteiger partial charge in [0.15, 0.2) is 6.61 Å². The van der Waals surface area contributed by atoms with Gasteiger partial charge in [0.25, 0.3) is 11.6 Å². The number of hydrogen-bond donors (Lipinski definition) is 3. The van der Waals surface area contributed by atoms with Crippen LogP contribution in [0.2, 0.25) is 0 Å². The number of nitrogens with zero attached hydrogens (tertiary/aromatic N) is 1. The molecule has 0 aromatic heterocycles. The predicted octanol–water partition coefficient (Wildman–Crippen LogP) is 0.434. The van der Waals surface area contributed by atoms with Gasteiger partial charge in [-0.1, -0.05) is 0 Å². The average molecular weight is 352 g/mol. The Morgan fingerprint density at radius 2 is 2.00 bits per heavy atom. The van der Waals surface area contributed by atoms with Gasteiger partial charge in [-0.05, 0) is 19.9 Å². The SMILES string of the molecule is CCNC(=O)[C@H](C)NC(=O)COC(=O)c1cc([N+](=O)[O-])ccc1NC. The molecule has 0 radical (unpaired) electrons. The van der Waals surface area contributed by atoms with Gasteiger partial charge in [0, 0.05) is 31.4 Å². The molecule has 0 aliphatic heterocycles. The Morgan fingerprint density at radius 1 is 1.32 bits per heavy atom. The number of ether oxygens (including phenoxy) is 1. The molecule has 2 amide bonds. The number of likely N-dealkylation sites (N-methyl/N-ethyl adjacent to an activating group) is 1. The van der Waals surface area contributed by atoms with E-state index in [1.165, 1.54) is 19.1 Å². The lowest BCUT2D eigenvalue weighted by Gasteiger charge is -2.13. The molecule has 1 aromatic carbocycles. The molecule has 0 spiro atoms. The van der Waals surface area contributed by atoms with Crippen molar-refractivity contribution in [3.05, 3.63) is 33.9 Å². The average Bonchev–Trinajstić information content (AvgIpc) is 2.59. The third kappa shape index (κ3) is 5.75. The molecule has 10 heteroatoms. The van der Waals surface area contributed by atoms with Gasteiger partial charge < -0.3 is 20.7 Å². The molecule has 1 atom stereocenters. The molecule has 0 saturated carbocycles. The third-order valence-electron chi connectivity index (χ3n) is 3.16. The molecule has 136 valence electrons. The van der Waals surface area contributed by atoms with E-state index >= 15 is 0 Å². The van der Waals surface area contributed by atoms with Crippen LogP contribution >= 0.6 is 0 Å². The Morgan fingerprint density at radius 3 is 2.56 bits per heavy atom. The monoisotopic (exact) mass is 352 g/mol. The summed E-state index contributed by atoms with van der Waals surface area (Å²) in [7, 11) is 1.54. The number of amides is 2. The quantitative estimate of drug-likeness (QED) is 0.350. The Labute approximate surface area is 144 Å². The number of hydrogen-bond acceptors (Lipinski definition) is 7. The summed E-state index contributed by atoms with van der Waals surface area (Å²) in [4.78, 5) is 45.5. The van der Waals surface area contributed by atoms with E-state index in [1.54, 1.807) is 14.0 Å². The van der Waals surface area contributed by atoms with Crippen LogP contribution < -0.4 is 16.0 Å². The van der Waals surface area contributed by atoms with Crippen molar-refractivity contribution in [3.63, 3.8) is 0 Å². The van der Waals surface area contributed by atoms with Gasteiger partial charge in [-0.3, -0.25) is 19.7 Å². The highest BCUT2D eigenvalue weighted by Gasteiger charge is 2.20. The van der Waals surface area contributed by atoms with Crippen LogP contribution in [0.5, 0.6) is 0 Å². The van der Waals surface area contributed by atoms with Gasteiger partial charge in [0.1, 0.15) is 6.04 Å². The molecule has 0 aliphatic rings. The van der Waals surface area contributed by atoms with Gasteiger partial charge in [-0.25, -0.2) is 4.79 Å². The maximum absolute atomic E-state index is 12.1. The molecule has 0 heterocycles. The number of benzene rings is 1. The van der Waals surface area contributed by atoms with E-state index in [9.17, 15) is 24.5 Å². The first-order valence-corrected chi connectivity index (χ1v) is 7.50. The molecule has 0 bridgehead atoms. The zero-order valence-electron chi connectivity index (χ0n) is 14.1. The van der Waals surface area contributed by atoms with Gasteiger partial charge in [0.2, 0.25) is 5.91 Å². The number of carbonyl (C=O) groups is 3. The van der Waals surface area contributed by atoms with Crippen LogP contribution in [-0.2, 0) is 14.3 Å². The third-order valence-corrected chi connectivity index (χ3v) is 3.16. The summed E-state index contributed by atoms with van der Waals surface area (Å²) in [6.45, 7) is 3.04. The highest BCUT2D eigenvalue weighted by Crippen LogP contribution is 2.22. The van der Waals surface area contributed by atoms with Gasteiger partial charge in [-0.15, -0.1) is 0 Å². The number of nitrogens with one attached hydrogen (secondary N) is 3. The number of non-ortho nitro benzene ring substituents is 1. The molecule has 1 aromatic rings. The van der Waals surface area contributed by atoms with Gasteiger partial charge in [0.05, 0.1) is 10.5 Å². The number of esters is 1. The smallest absolute Gasteiger partial charge is 0.341 e. The molecule has 0 saturated heterocycles. The van der Waals surface area contributed by atoms with Crippen molar-refractivity contribution in [1.82, 2.24) is 10.6 Å². The minimum Gasteiger partial charge on any atom is -0.452 e. The zero-order chi connectivity index (χ0) is 19.0. The summed E-state index contributed by atoms with van der Waals surface area (Å²) in [5.74, 6) is -1.92. The maximum Gasteiger partial charge on any atom is 0.341 e. The first-order chi connectivity index (χ1) is 11.8. The zero-order valence-corrected chi connectivity index (χ0v) is 14.1. The summed E-state index contributed by atoms with van der Waals surface area (Å²) in [6, 6.07) is 2.88. The van der Waals surface area contributed by atoms with Gasteiger partial charge in [-0.2, -0.15) is 0 Å². The first kappa shape index (κ1) is 19.9. The number of rotatable bonds is 8. The van der Waals surface area contributed by atoms with E-state index in [2.05, 4.69) is 16.0 Å². The Hall–Kier alpha value is -3.17. The lowest BCUT2D eigenvalue weighted by molar-refractivity contribution is -0.384. The van der Waals surface area contributed by atoms with Crippen LogP contribution in [0.1, 0.15) is 24.2 Å². The number of nitro groups is 1. The van der Waals surface area contributed by atoms with Crippen LogP contribution in [0, 0.1) is 10.1 Å². The highest BCUT2D eigenvalue weighted by atomic mass is 16.6. The van der Waals surface area contributed by atoms with E-state index in [-0.39, 0.29) is 17.2 Å². The fourth-order valence-corrected chi connectivity index (χ4v) is 1.92. The standard InChI is InChI=1S/C15H20N4O6/c1-4-17-14(21)9(2)18-13(20)8-25-15(22)11-7-10(19(23)24)5-6-12(11)16-3/h5-7,9,16H,4,8H2,1-3H3,(H,17,21)(H,18,20)/t9-/m0/s1. The second-order valence-electron chi connectivity index (χ2n) is 5.00. The molecule has 0 unspecified atom stereocenters. The van der Waals surface area contributed by atoms with E-state index in [0.717, 1.165) is 6.07 Å². The summed E-state index contributed by atoms with van der Waals surface area (Å²) in [6.07, 6.45) is 0. The molecular weight excluding hydrogens is 332 g/mol. The topological polar surface area (TPSA) is 140 Å².